The van der Waals surface area contributed by atoms with Crippen molar-refractivity contribution in [2.24, 2.45) is 5.73 Å². The van der Waals surface area contributed by atoms with E-state index in [0.29, 0.717) is 4.47 Å². The van der Waals surface area contributed by atoms with Crippen LogP contribution in [-0.4, -0.2) is 31.8 Å². The van der Waals surface area contributed by atoms with Gasteiger partial charge in [-0.15, -0.1) is 0 Å². The number of carbonyl (C=O) groups is 1. The summed E-state index contributed by atoms with van der Waals surface area (Å²) in [6, 6.07) is 7.52. The molecule has 0 aromatic heterocycles. The van der Waals surface area contributed by atoms with Gasteiger partial charge < -0.3 is 10.6 Å². The Morgan fingerprint density at radius 3 is 2.58 bits per heavy atom. The molecule has 0 saturated carbocycles. The van der Waals surface area contributed by atoms with Crippen LogP contribution in [0, 0.1) is 11.6 Å². The summed E-state index contributed by atoms with van der Waals surface area (Å²) in [6.45, 7) is -0.737. The van der Waals surface area contributed by atoms with E-state index in [2.05, 4.69) is 15.9 Å². The Balaban J connectivity index is 2.04. The fraction of sp³-hybridized carbons (Fsp3) is 0.188. The number of carbonyl (C=O) groups excluding carboxylic acids is 1. The molecule has 0 unspecified atom stereocenters. The minimum absolute atomic E-state index is 0.149. The molecule has 26 heavy (non-hydrogen) atoms. The Hall–Kier alpha value is -2.04. The van der Waals surface area contributed by atoms with Gasteiger partial charge in [-0.25, -0.2) is 17.2 Å². The zero-order chi connectivity index (χ0) is 19.1. The molecule has 138 valence electrons. The van der Waals surface area contributed by atoms with Crippen molar-refractivity contribution >= 4 is 37.5 Å². The molecule has 0 bridgehead atoms. The van der Waals surface area contributed by atoms with E-state index in [9.17, 15) is 22.0 Å². The summed E-state index contributed by atoms with van der Waals surface area (Å²) in [5.74, 6) is -1.99. The number of benzene rings is 2. The molecule has 0 radical (unpaired) electrons. The Morgan fingerprint density at radius 2 is 1.92 bits per heavy atom. The van der Waals surface area contributed by atoms with Crippen molar-refractivity contribution < 1.29 is 22.0 Å². The van der Waals surface area contributed by atoms with Gasteiger partial charge in [-0.05, 0) is 30.3 Å². The number of hydrogen-bond acceptors (Lipinski definition) is 4. The first kappa shape index (κ1) is 18.7. The first-order valence-corrected chi connectivity index (χ1v) is 9.68. The van der Waals surface area contributed by atoms with Gasteiger partial charge in [0, 0.05) is 16.6 Å². The molecular weight excluding hydrogens is 432 g/mol. The lowest BCUT2D eigenvalue weighted by Gasteiger charge is -2.37. The molecule has 2 aromatic rings. The van der Waals surface area contributed by atoms with Crippen molar-refractivity contribution in [2.75, 3.05) is 18.1 Å². The van der Waals surface area contributed by atoms with Crippen molar-refractivity contribution in [3.63, 3.8) is 0 Å². The van der Waals surface area contributed by atoms with Gasteiger partial charge in [-0.3, -0.25) is 4.79 Å². The molecule has 0 spiro atoms. The van der Waals surface area contributed by atoms with Gasteiger partial charge in [-0.2, -0.15) is 4.31 Å². The van der Waals surface area contributed by atoms with Gasteiger partial charge in [0.25, 0.3) is 0 Å². The third-order valence-corrected chi connectivity index (χ3v) is 6.22. The van der Waals surface area contributed by atoms with Gasteiger partial charge in [0.15, 0.2) is 0 Å². The predicted octanol–water partition coefficient (Wildman–Crippen LogP) is 2.18. The SMILES string of the molecule is NC(=O)CN1CN(Cc2ccc(Br)cc2F)S(=O)(=O)c2cc(F)ccc21. The molecule has 1 amide bonds. The minimum atomic E-state index is -4.08. The molecule has 0 fully saturated rings. The Labute approximate surface area is 157 Å². The number of sulfonamides is 1. The number of primary amides is 1. The molecule has 0 aliphatic carbocycles. The lowest BCUT2D eigenvalue weighted by atomic mass is 10.2. The van der Waals surface area contributed by atoms with Gasteiger partial charge in [0.2, 0.25) is 15.9 Å². The van der Waals surface area contributed by atoms with Crippen LogP contribution in [0.15, 0.2) is 45.8 Å². The standard InChI is InChI=1S/C16H14BrF2N3O3S/c17-11-2-1-10(13(19)5-11)7-22-9-21(8-16(20)23)14-4-3-12(18)6-15(14)26(22,24)25/h1-6H,7-9H2,(H2,20,23). The second kappa shape index (κ2) is 6.93. The van der Waals surface area contributed by atoms with Crippen LogP contribution >= 0.6 is 15.9 Å². The van der Waals surface area contributed by atoms with E-state index in [4.69, 9.17) is 5.73 Å². The van der Waals surface area contributed by atoms with E-state index in [-0.39, 0.29) is 35.9 Å². The maximum atomic E-state index is 14.1. The van der Waals surface area contributed by atoms with Crippen LogP contribution in [0.4, 0.5) is 14.5 Å². The zero-order valence-corrected chi connectivity index (χ0v) is 15.7. The van der Waals surface area contributed by atoms with Crippen LogP contribution in [0.1, 0.15) is 5.56 Å². The largest absolute Gasteiger partial charge is 0.368 e. The molecule has 6 nitrogen and oxygen atoms in total. The van der Waals surface area contributed by atoms with E-state index in [0.717, 1.165) is 16.4 Å². The number of amides is 1. The molecule has 1 heterocycles. The average molecular weight is 446 g/mol. The Morgan fingerprint density at radius 1 is 1.19 bits per heavy atom. The second-order valence-electron chi connectivity index (χ2n) is 5.77. The highest BCUT2D eigenvalue weighted by molar-refractivity contribution is 9.10. The van der Waals surface area contributed by atoms with Crippen LogP contribution in [0.3, 0.4) is 0 Å². The second-order valence-corrected chi connectivity index (χ2v) is 8.59. The maximum Gasteiger partial charge on any atom is 0.247 e. The van der Waals surface area contributed by atoms with E-state index >= 15 is 0 Å². The lowest BCUT2D eigenvalue weighted by molar-refractivity contribution is -0.116. The maximum absolute atomic E-state index is 14.1. The number of hydrogen-bond donors (Lipinski definition) is 1. The first-order valence-electron chi connectivity index (χ1n) is 7.45. The Bertz CT molecular complexity index is 985. The first-order chi connectivity index (χ1) is 12.2. The topological polar surface area (TPSA) is 83.7 Å². The molecule has 2 aromatic carbocycles. The van der Waals surface area contributed by atoms with Crippen molar-refractivity contribution in [1.29, 1.82) is 0 Å². The Kier molecular flexibility index (Phi) is 5.00. The fourth-order valence-electron chi connectivity index (χ4n) is 2.74. The smallest absolute Gasteiger partial charge is 0.247 e. The van der Waals surface area contributed by atoms with Crippen LogP contribution in [-0.2, 0) is 21.4 Å². The molecule has 1 aliphatic rings. The number of rotatable bonds is 4. The van der Waals surface area contributed by atoms with Crippen LogP contribution < -0.4 is 10.6 Å². The molecule has 0 atom stereocenters. The zero-order valence-electron chi connectivity index (χ0n) is 13.3. The van der Waals surface area contributed by atoms with Crippen LogP contribution in [0.5, 0.6) is 0 Å². The highest BCUT2D eigenvalue weighted by atomic mass is 79.9. The quantitative estimate of drug-likeness (QED) is 0.781. The van der Waals surface area contributed by atoms with Gasteiger partial charge in [0.05, 0.1) is 18.9 Å². The van der Waals surface area contributed by atoms with Crippen molar-refractivity contribution in [3.05, 3.63) is 58.1 Å². The van der Waals surface area contributed by atoms with Crippen molar-refractivity contribution in [1.82, 2.24) is 4.31 Å². The molecule has 10 heteroatoms. The molecule has 3 rings (SSSR count). The molecule has 2 N–H and O–H groups in total. The fourth-order valence-corrected chi connectivity index (χ4v) is 4.67. The number of halogens is 3. The van der Waals surface area contributed by atoms with E-state index < -0.39 is 27.6 Å². The summed E-state index contributed by atoms with van der Waals surface area (Å²) in [4.78, 5) is 12.5. The van der Waals surface area contributed by atoms with Crippen LogP contribution in [0.25, 0.3) is 0 Å². The number of nitrogens with two attached hydrogens (primary N) is 1. The highest BCUT2D eigenvalue weighted by Crippen LogP contribution is 2.34. The van der Waals surface area contributed by atoms with Gasteiger partial charge in [0.1, 0.15) is 16.5 Å². The molecule has 1 aliphatic heterocycles. The van der Waals surface area contributed by atoms with E-state index in [1.54, 1.807) is 6.07 Å². The summed E-state index contributed by atoms with van der Waals surface area (Å²) in [7, 11) is -4.08. The number of nitrogens with zero attached hydrogens (tertiary/aromatic N) is 2. The van der Waals surface area contributed by atoms with Crippen molar-refractivity contribution in [3.8, 4) is 0 Å². The van der Waals surface area contributed by atoms with E-state index in [1.165, 1.54) is 23.1 Å². The number of anilines is 1. The minimum Gasteiger partial charge on any atom is -0.368 e. The molecular formula is C16H14BrF2N3O3S. The monoisotopic (exact) mass is 445 g/mol. The highest BCUT2D eigenvalue weighted by Gasteiger charge is 2.36. The summed E-state index contributed by atoms with van der Waals surface area (Å²) < 4.78 is 55.0. The predicted molar refractivity (Wildman–Crippen MR) is 94.6 cm³/mol. The average Bonchev–Trinajstić information content (AvgIpc) is 2.54. The van der Waals surface area contributed by atoms with Crippen LogP contribution in [0.2, 0.25) is 0 Å². The summed E-state index contributed by atoms with van der Waals surface area (Å²) >= 11 is 3.14. The summed E-state index contributed by atoms with van der Waals surface area (Å²) in [6.07, 6.45) is 0. The summed E-state index contributed by atoms with van der Waals surface area (Å²) in [5.41, 5.74) is 5.56. The summed E-state index contributed by atoms with van der Waals surface area (Å²) in [5, 5.41) is 0. The molecule has 0 saturated heterocycles. The van der Waals surface area contributed by atoms with E-state index in [1.807, 2.05) is 0 Å². The third-order valence-electron chi connectivity index (χ3n) is 3.92. The lowest BCUT2D eigenvalue weighted by Crippen LogP contribution is -2.48. The van der Waals surface area contributed by atoms with Gasteiger partial charge >= 0.3 is 0 Å². The number of fused-ring (bicyclic) bond motifs is 1. The normalized spacial score (nSPS) is 16.3. The van der Waals surface area contributed by atoms with Crippen molar-refractivity contribution in [2.45, 2.75) is 11.4 Å². The third kappa shape index (κ3) is 3.57. The van der Waals surface area contributed by atoms with Gasteiger partial charge in [-0.1, -0.05) is 22.0 Å².